The van der Waals surface area contributed by atoms with Crippen LogP contribution in [0.4, 0.5) is 0 Å². The lowest BCUT2D eigenvalue weighted by molar-refractivity contribution is 0.357. The highest BCUT2D eigenvalue weighted by Crippen LogP contribution is 2.47. The third-order valence-corrected chi connectivity index (χ3v) is 8.04. The van der Waals surface area contributed by atoms with E-state index in [0.29, 0.717) is 12.4 Å². The average Bonchev–Trinajstić information content (AvgIpc) is 3.54. The Bertz CT molecular complexity index is 1980. The molecule has 1 aliphatic heterocycles. The molecule has 0 fully saturated rings. The summed E-state index contributed by atoms with van der Waals surface area (Å²) in [7, 11) is 0. The number of rotatable bonds is 13. The third kappa shape index (κ3) is 19.9. The van der Waals surface area contributed by atoms with Gasteiger partial charge in [0.05, 0.1) is 6.54 Å². The van der Waals surface area contributed by atoms with E-state index in [2.05, 4.69) is 148 Å². The van der Waals surface area contributed by atoms with E-state index in [1.807, 2.05) is 75.4 Å². The molecule has 0 saturated carbocycles. The van der Waals surface area contributed by atoms with Crippen LogP contribution in [0.5, 0.6) is 23.0 Å². The van der Waals surface area contributed by atoms with Crippen LogP contribution in [-0.4, -0.2) is 19.1 Å². The van der Waals surface area contributed by atoms with E-state index < -0.39 is 0 Å². The Morgan fingerprint density at radius 3 is 2.29 bits per heavy atom. The summed E-state index contributed by atoms with van der Waals surface area (Å²) < 4.78 is 12.1. The van der Waals surface area contributed by atoms with E-state index in [1.54, 1.807) is 18.4 Å². The summed E-state index contributed by atoms with van der Waals surface area (Å²) in [5, 5.41) is 0. The molecule has 0 atom stereocenters. The zero-order valence-electron chi connectivity index (χ0n) is 35.7. The van der Waals surface area contributed by atoms with Crippen LogP contribution < -0.4 is 15.2 Å². The van der Waals surface area contributed by atoms with Crippen molar-refractivity contribution in [2.45, 2.75) is 67.2 Å². The van der Waals surface area contributed by atoms with Crippen LogP contribution in [0.25, 0.3) is 6.08 Å². The van der Waals surface area contributed by atoms with Crippen LogP contribution in [0.2, 0.25) is 0 Å². The van der Waals surface area contributed by atoms with Crippen molar-refractivity contribution in [2.24, 2.45) is 15.7 Å². The number of amidine groups is 1. The first-order valence-electron chi connectivity index (χ1n) is 19.8. The molecule has 5 rings (SSSR count). The summed E-state index contributed by atoms with van der Waals surface area (Å²) in [6.45, 7) is 25.7. The van der Waals surface area contributed by atoms with Gasteiger partial charge in [-0.05, 0) is 102 Å². The van der Waals surface area contributed by atoms with Crippen LogP contribution >= 0.6 is 0 Å². The highest BCUT2D eigenvalue weighted by atomic mass is 16.6. The molecule has 0 amide bonds. The Hall–Kier alpha value is -6.46. The van der Waals surface area contributed by atoms with Gasteiger partial charge >= 0.3 is 0 Å². The van der Waals surface area contributed by atoms with Gasteiger partial charge in [-0.25, -0.2) is 0 Å². The van der Waals surface area contributed by atoms with Crippen molar-refractivity contribution in [3.05, 3.63) is 211 Å². The van der Waals surface area contributed by atoms with Gasteiger partial charge < -0.3 is 15.2 Å². The fourth-order valence-corrected chi connectivity index (χ4v) is 5.14. The average molecular weight is 776 g/mol. The third-order valence-electron chi connectivity index (χ3n) is 8.04. The summed E-state index contributed by atoms with van der Waals surface area (Å²) >= 11 is 0. The summed E-state index contributed by atoms with van der Waals surface area (Å²) in [5.41, 5.74) is 13.0. The minimum absolute atomic E-state index is 0.598. The standard InChI is InChI=1S/C26H28O2.C16H18N2.C7H9N.C2H6.C2H4/c1-4-5-6-7-8-9-10-11-14-20(2)19-22-17-18-25-26(21(22)3)28-24-16-13-12-15-23(24)27-25;1-13-7-6-10-15(11-13)16(17)18-12-14-8-4-2-3-5-9-14;1-3-4-5-6-7-8-2;2*1-2/h4-5,7-10,12-13,15-19H,6,11,14H2,1-3H3;2,4-11H,3,12H2,1H3,(H2,17,18);3-7H,1-2H2;1-2H3;1-2H2/b5-4-,8-7-,10-9-,20-19+;;5-4-,7-6-;;. The largest absolute Gasteiger partial charge is 0.450 e. The van der Waals surface area contributed by atoms with E-state index in [-0.39, 0.29) is 0 Å². The minimum atomic E-state index is 0.598. The van der Waals surface area contributed by atoms with Crippen LogP contribution in [0.3, 0.4) is 0 Å². The molecule has 1 heterocycles. The van der Waals surface area contributed by atoms with E-state index in [0.717, 1.165) is 59.8 Å². The summed E-state index contributed by atoms with van der Waals surface area (Å²) in [4.78, 5) is 7.93. The van der Waals surface area contributed by atoms with Gasteiger partial charge in [-0.2, -0.15) is 0 Å². The number of ether oxygens (including phenoxy) is 2. The van der Waals surface area contributed by atoms with Gasteiger partial charge in [-0.3, -0.25) is 9.98 Å². The molecule has 5 nitrogen and oxygen atoms in total. The highest BCUT2D eigenvalue weighted by Gasteiger charge is 2.21. The zero-order valence-corrected chi connectivity index (χ0v) is 35.7. The molecular weight excluding hydrogens is 711 g/mol. The Kier molecular flexibility index (Phi) is 27.1. The van der Waals surface area contributed by atoms with E-state index in [4.69, 9.17) is 15.2 Å². The van der Waals surface area contributed by atoms with Gasteiger partial charge in [-0.15, -0.1) is 13.2 Å². The second-order valence-electron chi connectivity index (χ2n) is 12.5. The van der Waals surface area contributed by atoms with Gasteiger partial charge in [-0.1, -0.05) is 159 Å². The number of hydrogen-bond acceptors (Lipinski definition) is 4. The fraction of sp³-hybridized carbons (Fsp3) is 0.208. The van der Waals surface area contributed by atoms with Crippen LogP contribution in [0.1, 0.15) is 75.6 Å². The minimum Gasteiger partial charge on any atom is -0.450 e. The van der Waals surface area contributed by atoms with Crippen molar-refractivity contribution in [3.63, 3.8) is 0 Å². The fourth-order valence-electron chi connectivity index (χ4n) is 5.14. The van der Waals surface area contributed by atoms with Crippen molar-refractivity contribution < 1.29 is 9.47 Å². The molecule has 3 aromatic carbocycles. The Labute approximate surface area is 350 Å². The summed E-state index contributed by atoms with van der Waals surface area (Å²) in [6, 6.07) is 20.0. The topological polar surface area (TPSA) is 69.2 Å². The number of nitrogens with two attached hydrogens (primary N) is 1. The lowest BCUT2D eigenvalue weighted by Gasteiger charge is -2.22. The van der Waals surface area contributed by atoms with Gasteiger partial charge in [0.25, 0.3) is 0 Å². The molecule has 58 heavy (non-hydrogen) atoms. The van der Waals surface area contributed by atoms with Crippen molar-refractivity contribution in [3.8, 4) is 23.0 Å². The van der Waals surface area contributed by atoms with E-state index >= 15 is 0 Å². The molecule has 0 spiro atoms. The second-order valence-corrected chi connectivity index (χ2v) is 12.5. The Morgan fingerprint density at radius 2 is 1.59 bits per heavy atom. The van der Waals surface area contributed by atoms with Crippen molar-refractivity contribution in [1.29, 1.82) is 0 Å². The second kappa shape index (κ2) is 31.7. The predicted octanol–water partition coefficient (Wildman–Crippen LogP) is 15.1. The lowest BCUT2D eigenvalue weighted by atomic mass is 10.0. The van der Waals surface area contributed by atoms with Crippen LogP contribution in [0, 0.1) is 13.8 Å². The highest BCUT2D eigenvalue weighted by molar-refractivity contribution is 5.97. The lowest BCUT2D eigenvalue weighted by Crippen LogP contribution is -2.14. The number of benzene rings is 3. The molecule has 0 radical (unpaired) electrons. The number of aliphatic imine (C=N–C) groups is 2. The number of fused-ring (bicyclic) bond motifs is 2. The predicted molar refractivity (Wildman–Crippen MR) is 257 cm³/mol. The maximum absolute atomic E-state index is 6.11. The van der Waals surface area contributed by atoms with Crippen molar-refractivity contribution >= 4 is 18.6 Å². The number of nitrogens with zero attached hydrogens (tertiary/aromatic N) is 2. The number of allylic oxidation sites excluding steroid dienone is 15. The van der Waals surface area contributed by atoms with Crippen LogP contribution in [0.15, 0.2) is 199 Å². The zero-order chi connectivity index (χ0) is 42.8. The molecule has 1 aliphatic carbocycles. The summed E-state index contributed by atoms with van der Waals surface area (Å²) in [6.07, 6.45) is 38.4. The van der Waals surface area contributed by atoms with Crippen molar-refractivity contribution in [1.82, 2.24) is 0 Å². The first-order valence-corrected chi connectivity index (χ1v) is 19.8. The van der Waals surface area contributed by atoms with Crippen molar-refractivity contribution in [2.75, 3.05) is 6.54 Å². The molecule has 3 aromatic rings. The maximum atomic E-state index is 6.11. The van der Waals surface area contributed by atoms with E-state index in [9.17, 15) is 0 Å². The smallest absolute Gasteiger partial charge is 0.173 e. The Balaban J connectivity index is 0.000000479. The SMILES string of the molecule is C/C=C\C/C=C\C=C/CC/C(C)=C/c1ccc2c(c1C)Oc1ccccc1O2.C=C.C=C/C=C\C=C/N=C.CC.Cc1cccc(C(N)=NCC2=CC=CCC=C2)c1. The molecule has 0 unspecified atom stereocenters. The molecule has 2 aliphatic rings. The molecular formula is C53H65N3O2. The van der Waals surface area contributed by atoms with Crippen LogP contribution in [-0.2, 0) is 0 Å². The molecule has 5 heteroatoms. The molecule has 0 aromatic heterocycles. The molecule has 0 saturated heterocycles. The van der Waals surface area contributed by atoms with Gasteiger partial charge in [0.15, 0.2) is 23.0 Å². The van der Waals surface area contributed by atoms with Gasteiger partial charge in [0.2, 0.25) is 0 Å². The first-order chi connectivity index (χ1) is 28.4. The number of hydrogen-bond donors (Lipinski definition) is 1. The maximum Gasteiger partial charge on any atom is 0.173 e. The molecule has 304 valence electrons. The molecule has 0 bridgehead atoms. The number of para-hydroxylation sites is 2. The number of aryl methyl sites for hydroxylation is 1. The van der Waals surface area contributed by atoms with Gasteiger partial charge in [0.1, 0.15) is 5.84 Å². The first kappa shape index (κ1) is 49.6. The molecule has 2 N–H and O–H groups in total. The summed E-state index contributed by atoms with van der Waals surface area (Å²) in [5.74, 6) is 3.72. The quantitative estimate of drug-likeness (QED) is 0.0636. The van der Waals surface area contributed by atoms with Gasteiger partial charge in [0, 0.05) is 17.3 Å². The normalized spacial score (nSPS) is 13.0. The monoisotopic (exact) mass is 776 g/mol. The van der Waals surface area contributed by atoms with E-state index in [1.165, 1.54) is 22.3 Å². The Morgan fingerprint density at radius 1 is 0.845 bits per heavy atom.